The third kappa shape index (κ3) is 5.86. The molecule has 6 nitrogen and oxygen atoms in total. The lowest BCUT2D eigenvalue weighted by Crippen LogP contribution is -2.40. The highest BCUT2D eigenvalue weighted by Crippen LogP contribution is 2.37. The fourth-order valence-corrected chi connectivity index (χ4v) is 3.28. The zero-order valence-corrected chi connectivity index (χ0v) is 18.3. The van der Waals surface area contributed by atoms with Crippen molar-refractivity contribution in [1.82, 2.24) is 0 Å². The lowest BCUT2D eigenvalue weighted by atomic mass is 9.85. The van der Waals surface area contributed by atoms with Crippen molar-refractivity contribution in [3.8, 4) is 0 Å². The van der Waals surface area contributed by atoms with Crippen molar-refractivity contribution in [2.75, 3.05) is 10.4 Å². The van der Waals surface area contributed by atoms with Crippen molar-refractivity contribution in [3.63, 3.8) is 0 Å². The highest BCUT2D eigenvalue weighted by molar-refractivity contribution is 5.71. The van der Waals surface area contributed by atoms with E-state index in [1.165, 1.54) is 0 Å². The zero-order valence-electron chi connectivity index (χ0n) is 18.3. The second kappa shape index (κ2) is 9.63. The van der Waals surface area contributed by atoms with Crippen LogP contribution in [-0.2, 0) is 5.41 Å². The maximum Gasteiger partial charge on any atom is 0.132 e. The molecule has 29 heavy (non-hydrogen) atoms. The largest absolute Gasteiger partial charge is 0.296 e. The van der Waals surface area contributed by atoms with E-state index in [9.17, 15) is 9.81 Å². The predicted octanol–water partition coefficient (Wildman–Crippen LogP) is 7.44. The summed E-state index contributed by atoms with van der Waals surface area (Å²) < 4.78 is 0. The van der Waals surface area contributed by atoms with E-state index in [1.54, 1.807) is 18.2 Å². The second-order valence-electron chi connectivity index (χ2n) is 8.95. The van der Waals surface area contributed by atoms with Crippen LogP contribution in [0.5, 0.6) is 0 Å². The molecule has 2 rings (SSSR count). The Labute approximate surface area is 173 Å². The van der Waals surface area contributed by atoms with Crippen LogP contribution in [0, 0.1) is 15.7 Å². The lowest BCUT2D eigenvalue weighted by molar-refractivity contribution is 0.499. The quantitative estimate of drug-likeness (QED) is 0.353. The first-order valence-corrected chi connectivity index (χ1v) is 10.1. The van der Waals surface area contributed by atoms with Gasteiger partial charge >= 0.3 is 0 Å². The molecule has 0 saturated carbocycles. The summed E-state index contributed by atoms with van der Waals surface area (Å²) in [4.78, 5) is 22.4. The first-order chi connectivity index (χ1) is 13.7. The van der Waals surface area contributed by atoms with Gasteiger partial charge in [0, 0.05) is 6.04 Å². The summed E-state index contributed by atoms with van der Waals surface area (Å²) in [7, 11) is 0. The van der Waals surface area contributed by atoms with Gasteiger partial charge in [0.15, 0.2) is 0 Å². The molecule has 0 heterocycles. The molecule has 0 fully saturated rings. The molecule has 0 aliphatic rings. The Bertz CT molecular complexity index is 843. The Morgan fingerprint density at radius 3 is 2.24 bits per heavy atom. The third-order valence-corrected chi connectivity index (χ3v) is 5.00. The van der Waals surface area contributed by atoms with Crippen LogP contribution >= 0.6 is 0 Å². The van der Waals surface area contributed by atoms with E-state index in [2.05, 4.69) is 62.3 Å². The van der Waals surface area contributed by atoms with Crippen LogP contribution in [-0.4, -0.2) is 6.04 Å². The van der Waals surface area contributed by atoms with Gasteiger partial charge in [-0.25, -0.2) is 0 Å². The first-order valence-electron chi connectivity index (χ1n) is 10.1. The number of hydrazine groups is 1. The number of nitroso groups, excluding NO2 is 2. The Morgan fingerprint density at radius 2 is 1.66 bits per heavy atom. The van der Waals surface area contributed by atoms with Crippen LogP contribution in [0.4, 0.5) is 22.7 Å². The summed E-state index contributed by atoms with van der Waals surface area (Å²) >= 11 is 0. The van der Waals surface area contributed by atoms with E-state index >= 15 is 0 Å². The molecule has 0 aromatic heterocycles. The average molecular weight is 397 g/mol. The number of rotatable bonds is 9. The molecule has 0 saturated heterocycles. The van der Waals surface area contributed by atoms with Crippen LogP contribution in [0.3, 0.4) is 0 Å². The molecule has 1 N–H and O–H groups in total. The van der Waals surface area contributed by atoms with Crippen LogP contribution in [0.1, 0.15) is 59.9 Å². The van der Waals surface area contributed by atoms with Gasteiger partial charge in [0.25, 0.3) is 0 Å². The van der Waals surface area contributed by atoms with E-state index in [0.29, 0.717) is 23.0 Å². The molecular weight excluding hydrogens is 364 g/mol. The van der Waals surface area contributed by atoms with Crippen molar-refractivity contribution in [3.05, 3.63) is 57.8 Å². The number of anilines is 2. The van der Waals surface area contributed by atoms with Gasteiger partial charge in [-0.05, 0) is 77.3 Å². The van der Waals surface area contributed by atoms with Gasteiger partial charge in [-0.3, -0.25) is 10.4 Å². The maximum atomic E-state index is 11.3. The molecule has 0 radical (unpaired) electrons. The Morgan fingerprint density at radius 1 is 0.966 bits per heavy atom. The second-order valence-corrected chi connectivity index (χ2v) is 8.95. The number of hydrogen-bond donors (Lipinski definition) is 1. The normalized spacial score (nSPS) is 12.5. The molecule has 0 amide bonds. The van der Waals surface area contributed by atoms with Crippen molar-refractivity contribution in [2.24, 2.45) is 16.3 Å². The molecule has 156 valence electrons. The van der Waals surface area contributed by atoms with Gasteiger partial charge in [-0.15, -0.1) is 9.81 Å². The van der Waals surface area contributed by atoms with E-state index in [-0.39, 0.29) is 11.5 Å². The van der Waals surface area contributed by atoms with Crippen LogP contribution in [0.15, 0.2) is 52.8 Å². The van der Waals surface area contributed by atoms with Crippen molar-refractivity contribution in [1.29, 1.82) is 0 Å². The molecule has 1 unspecified atom stereocenters. The Kier molecular flexibility index (Phi) is 7.48. The fourth-order valence-electron chi connectivity index (χ4n) is 3.28. The molecule has 0 aliphatic heterocycles. The van der Waals surface area contributed by atoms with Gasteiger partial charge in [0.2, 0.25) is 0 Å². The molecule has 0 aliphatic carbocycles. The van der Waals surface area contributed by atoms with Gasteiger partial charge < -0.3 is 0 Å². The van der Waals surface area contributed by atoms with Gasteiger partial charge in [0.05, 0.1) is 11.4 Å². The monoisotopic (exact) mass is 396 g/mol. The van der Waals surface area contributed by atoms with E-state index in [1.807, 2.05) is 24.3 Å². The number of para-hydroxylation sites is 1. The van der Waals surface area contributed by atoms with E-state index in [0.717, 1.165) is 24.1 Å². The third-order valence-electron chi connectivity index (χ3n) is 5.00. The molecule has 2 aromatic carbocycles. The zero-order chi connectivity index (χ0) is 21.6. The Hall–Kier alpha value is -2.76. The molecule has 6 heteroatoms. The molecule has 1 atom stereocenters. The first kappa shape index (κ1) is 22.5. The minimum Gasteiger partial charge on any atom is -0.296 e. The van der Waals surface area contributed by atoms with Gasteiger partial charge in [-0.1, -0.05) is 46.8 Å². The summed E-state index contributed by atoms with van der Waals surface area (Å²) in [6.45, 7) is 12.9. The minimum atomic E-state index is -0.198. The number of hydrogen-bond acceptors (Lipinski definition) is 6. The van der Waals surface area contributed by atoms with Crippen molar-refractivity contribution >= 4 is 22.7 Å². The average Bonchev–Trinajstić information content (AvgIpc) is 2.69. The van der Waals surface area contributed by atoms with E-state index in [4.69, 9.17) is 0 Å². The van der Waals surface area contributed by atoms with Gasteiger partial charge in [-0.2, -0.15) is 0 Å². The van der Waals surface area contributed by atoms with Crippen molar-refractivity contribution in [2.45, 2.75) is 65.8 Å². The standard InChI is InChI=1S/C23H32N4O2/c1-16(2)11-12-17(3)27(24-20-9-7-8-10-21(20)26-29)22-14-13-18(25-28)15-19(22)23(4,5)6/h7-10,13-17,24H,11-12H2,1-6H3. The topological polar surface area (TPSA) is 74.1 Å². The molecule has 2 aromatic rings. The molecule has 0 spiro atoms. The number of nitrogens with zero attached hydrogens (tertiary/aromatic N) is 3. The number of benzene rings is 2. The summed E-state index contributed by atoms with van der Waals surface area (Å²) in [5.41, 5.74) is 6.60. The highest BCUT2D eigenvalue weighted by Gasteiger charge is 2.25. The van der Waals surface area contributed by atoms with Crippen LogP contribution in [0.25, 0.3) is 0 Å². The highest BCUT2D eigenvalue weighted by atomic mass is 16.3. The van der Waals surface area contributed by atoms with Crippen LogP contribution < -0.4 is 10.4 Å². The SMILES string of the molecule is CC(C)CCC(C)N(Nc1ccccc1N=O)c1ccc(N=O)cc1C(C)(C)C. The minimum absolute atomic E-state index is 0.147. The predicted molar refractivity (Wildman–Crippen MR) is 122 cm³/mol. The maximum absolute atomic E-state index is 11.3. The number of nitrogens with one attached hydrogen (secondary N) is 1. The van der Waals surface area contributed by atoms with E-state index < -0.39 is 0 Å². The molecule has 0 bridgehead atoms. The Balaban J connectivity index is 2.55. The summed E-state index contributed by atoms with van der Waals surface area (Å²) in [5.74, 6) is 0.590. The van der Waals surface area contributed by atoms with Gasteiger partial charge in [0.1, 0.15) is 11.4 Å². The van der Waals surface area contributed by atoms with Crippen LogP contribution in [0.2, 0.25) is 0 Å². The lowest BCUT2D eigenvalue weighted by Gasteiger charge is -2.37. The summed E-state index contributed by atoms with van der Waals surface area (Å²) in [5, 5.41) is 8.35. The molecular formula is C23H32N4O2. The smallest absolute Gasteiger partial charge is 0.132 e. The van der Waals surface area contributed by atoms with Crippen molar-refractivity contribution < 1.29 is 0 Å². The summed E-state index contributed by atoms with van der Waals surface area (Å²) in [6, 6.07) is 12.8. The summed E-state index contributed by atoms with van der Waals surface area (Å²) in [6.07, 6.45) is 2.05. The fraction of sp³-hybridized carbons (Fsp3) is 0.478.